The maximum Gasteiger partial charge on any atom is 0.245 e. The first-order valence-electron chi connectivity index (χ1n) is 18.5. The van der Waals surface area contributed by atoms with Gasteiger partial charge in [-0.25, -0.2) is 0 Å². The fourth-order valence-corrected chi connectivity index (χ4v) is 5.50. The first-order valence-corrected chi connectivity index (χ1v) is 18.5. The predicted octanol–water partition coefficient (Wildman–Crippen LogP) is -3.79. The fraction of sp³-hybridized carbons (Fsp3) is 0.474. The summed E-state index contributed by atoms with van der Waals surface area (Å²) < 4.78 is 0. The van der Waals surface area contributed by atoms with E-state index < -0.39 is 103 Å². The molecule has 58 heavy (non-hydrogen) atoms. The van der Waals surface area contributed by atoms with Gasteiger partial charge in [-0.05, 0) is 48.9 Å². The first kappa shape index (κ1) is 48.0. The van der Waals surface area contributed by atoms with E-state index in [4.69, 9.17) is 17.2 Å². The number of carbonyl (C=O) groups excluding carboxylic acids is 8. The second-order valence-corrected chi connectivity index (χ2v) is 14.1. The number of nitrogens with one attached hydrogen (secondary N) is 6. The van der Waals surface area contributed by atoms with E-state index in [0.717, 1.165) is 0 Å². The van der Waals surface area contributed by atoms with Crippen molar-refractivity contribution in [3.05, 3.63) is 65.7 Å². The van der Waals surface area contributed by atoms with Crippen molar-refractivity contribution >= 4 is 47.3 Å². The van der Waals surface area contributed by atoms with Crippen LogP contribution in [0, 0.1) is 5.92 Å². The summed E-state index contributed by atoms with van der Waals surface area (Å²) in [7, 11) is 0. The largest absolute Gasteiger partial charge is 0.508 e. The van der Waals surface area contributed by atoms with E-state index >= 15 is 0 Å². The van der Waals surface area contributed by atoms with Crippen molar-refractivity contribution in [2.75, 3.05) is 13.2 Å². The molecule has 0 aliphatic carbocycles. The Morgan fingerprint density at radius 2 is 1.19 bits per heavy atom. The lowest BCUT2D eigenvalue weighted by molar-refractivity contribution is -0.136. The molecule has 0 aliphatic heterocycles. The van der Waals surface area contributed by atoms with Gasteiger partial charge in [-0.3, -0.25) is 38.4 Å². The monoisotopic (exact) mass is 813 g/mol. The van der Waals surface area contributed by atoms with Crippen molar-refractivity contribution in [2.45, 2.75) is 95.2 Å². The van der Waals surface area contributed by atoms with E-state index in [1.807, 2.05) is 13.8 Å². The highest BCUT2D eigenvalue weighted by Gasteiger charge is 2.34. The van der Waals surface area contributed by atoms with Gasteiger partial charge in [-0.15, -0.1) is 0 Å². The van der Waals surface area contributed by atoms with Crippen molar-refractivity contribution in [3.8, 4) is 5.75 Å². The normalized spacial score (nSPS) is 14.6. The standard InChI is InChI=1S/C38H55N9O11/c1-20(2)15-27(33(41)53)43-31(52)18-42-35(55)28(16-22-7-5-4-6-8-22)46-38(58)32(21(3)49)47-37(57)29(17-23-9-11-24(50)12-10-23)45-36(56)26(13-14-30(40)51)44-34(54)25(39)19-48/h4-12,20-21,25-29,32,48-50H,13-19,39H2,1-3H3,(H2,40,51)(H2,41,53)(H,42,55)(H,43,52)(H,44,54)(H,45,56)(H,46,58)(H,47,57). The summed E-state index contributed by atoms with van der Waals surface area (Å²) in [6.45, 7) is 3.52. The summed E-state index contributed by atoms with van der Waals surface area (Å²) in [6.07, 6.45) is -2.31. The Hall–Kier alpha value is -6.12. The highest BCUT2D eigenvalue weighted by Crippen LogP contribution is 2.13. The summed E-state index contributed by atoms with van der Waals surface area (Å²) >= 11 is 0. The molecule has 0 fully saturated rings. The number of primary amides is 2. The van der Waals surface area contributed by atoms with Crippen LogP contribution in [0.25, 0.3) is 0 Å². The number of benzene rings is 2. The number of phenolic OH excluding ortho intramolecular Hbond substituents is 1. The lowest BCUT2D eigenvalue weighted by Gasteiger charge is -2.28. The Morgan fingerprint density at radius 3 is 1.72 bits per heavy atom. The van der Waals surface area contributed by atoms with Gasteiger partial charge in [-0.1, -0.05) is 56.3 Å². The number of aromatic hydroxyl groups is 1. The van der Waals surface area contributed by atoms with Crippen molar-refractivity contribution in [3.63, 3.8) is 0 Å². The number of phenols is 1. The number of amides is 8. The second kappa shape index (κ2) is 23.8. The molecule has 2 aromatic rings. The molecule has 20 nitrogen and oxygen atoms in total. The van der Waals surface area contributed by atoms with Crippen LogP contribution in [-0.2, 0) is 51.2 Å². The van der Waals surface area contributed by atoms with Crippen molar-refractivity contribution in [1.29, 1.82) is 0 Å². The molecule has 7 atom stereocenters. The smallest absolute Gasteiger partial charge is 0.245 e. The molecular formula is C38H55N9O11. The van der Waals surface area contributed by atoms with Gasteiger partial charge >= 0.3 is 0 Å². The number of carbonyl (C=O) groups is 8. The van der Waals surface area contributed by atoms with Gasteiger partial charge in [0.15, 0.2) is 0 Å². The van der Waals surface area contributed by atoms with Crippen LogP contribution in [-0.4, -0.2) is 118 Å². The van der Waals surface area contributed by atoms with Gasteiger partial charge in [0.1, 0.15) is 42.0 Å². The molecular weight excluding hydrogens is 758 g/mol. The molecule has 0 saturated heterocycles. The lowest BCUT2D eigenvalue weighted by Crippen LogP contribution is -2.61. The summed E-state index contributed by atoms with van der Waals surface area (Å²) in [5, 5.41) is 44.3. The van der Waals surface area contributed by atoms with E-state index in [2.05, 4.69) is 31.9 Å². The zero-order valence-corrected chi connectivity index (χ0v) is 32.6. The highest BCUT2D eigenvalue weighted by molar-refractivity contribution is 5.97. The maximum atomic E-state index is 13.9. The third kappa shape index (κ3) is 16.9. The van der Waals surface area contributed by atoms with E-state index in [-0.39, 0.29) is 43.8 Å². The predicted molar refractivity (Wildman–Crippen MR) is 208 cm³/mol. The quantitative estimate of drug-likeness (QED) is 0.0486. The van der Waals surface area contributed by atoms with Crippen LogP contribution in [0.3, 0.4) is 0 Å². The Bertz CT molecular complexity index is 1730. The average molecular weight is 814 g/mol. The maximum absolute atomic E-state index is 13.9. The summed E-state index contributed by atoms with van der Waals surface area (Å²) in [5.74, 6) is -7.08. The topological polar surface area (TPSA) is 347 Å². The van der Waals surface area contributed by atoms with Crippen LogP contribution >= 0.6 is 0 Å². The molecule has 0 spiro atoms. The zero-order valence-electron chi connectivity index (χ0n) is 32.6. The van der Waals surface area contributed by atoms with Crippen LogP contribution in [0.4, 0.5) is 0 Å². The number of rotatable bonds is 24. The Balaban J connectivity index is 2.35. The van der Waals surface area contributed by atoms with Crippen LogP contribution in [0.5, 0.6) is 5.75 Å². The molecule has 318 valence electrons. The molecule has 0 aliphatic rings. The number of hydrogen-bond donors (Lipinski definition) is 12. The number of aliphatic hydroxyl groups excluding tert-OH is 2. The van der Waals surface area contributed by atoms with E-state index in [0.29, 0.717) is 11.1 Å². The van der Waals surface area contributed by atoms with Crippen molar-refractivity contribution < 1.29 is 53.7 Å². The molecule has 8 amide bonds. The molecule has 0 radical (unpaired) electrons. The molecule has 2 aromatic carbocycles. The van der Waals surface area contributed by atoms with Crippen LogP contribution in [0.1, 0.15) is 51.2 Å². The molecule has 0 saturated carbocycles. The van der Waals surface area contributed by atoms with E-state index in [1.54, 1.807) is 30.3 Å². The highest BCUT2D eigenvalue weighted by atomic mass is 16.3. The van der Waals surface area contributed by atoms with Crippen LogP contribution < -0.4 is 49.1 Å². The van der Waals surface area contributed by atoms with Gasteiger partial charge < -0.3 is 64.4 Å². The van der Waals surface area contributed by atoms with E-state index in [9.17, 15) is 53.7 Å². The summed E-state index contributed by atoms with van der Waals surface area (Å²) in [5.41, 5.74) is 17.3. The lowest BCUT2D eigenvalue weighted by atomic mass is 10.0. The fourth-order valence-electron chi connectivity index (χ4n) is 5.50. The summed E-state index contributed by atoms with van der Waals surface area (Å²) in [6, 6.07) is 5.63. The minimum atomic E-state index is -1.72. The molecule has 0 heterocycles. The number of nitrogens with two attached hydrogens (primary N) is 3. The first-order chi connectivity index (χ1) is 27.3. The minimum absolute atomic E-state index is 0.0225. The average Bonchev–Trinajstić information content (AvgIpc) is 3.16. The summed E-state index contributed by atoms with van der Waals surface area (Å²) in [4.78, 5) is 103. The van der Waals surface area contributed by atoms with Crippen LogP contribution in [0.2, 0.25) is 0 Å². The molecule has 0 aromatic heterocycles. The SMILES string of the molecule is CC(C)CC(NC(=O)CNC(=O)C(Cc1ccccc1)NC(=O)C(NC(=O)C(Cc1ccc(O)cc1)NC(=O)C(CCC(N)=O)NC(=O)C(N)CO)C(C)O)C(N)=O. The third-order valence-corrected chi connectivity index (χ3v) is 8.64. The van der Waals surface area contributed by atoms with E-state index in [1.165, 1.54) is 31.2 Å². The van der Waals surface area contributed by atoms with Crippen LogP contribution in [0.15, 0.2) is 54.6 Å². The van der Waals surface area contributed by atoms with Crippen molar-refractivity contribution in [2.24, 2.45) is 23.1 Å². The van der Waals surface area contributed by atoms with Gasteiger partial charge in [0.2, 0.25) is 47.3 Å². The molecule has 0 bridgehead atoms. The number of hydrogen-bond acceptors (Lipinski definition) is 12. The molecule has 2 rings (SSSR count). The van der Waals surface area contributed by atoms with Gasteiger partial charge in [-0.2, -0.15) is 0 Å². The van der Waals surface area contributed by atoms with Gasteiger partial charge in [0.05, 0.1) is 19.3 Å². The Morgan fingerprint density at radius 1 is 0.655 bits per heavy atom. The Kier molecular flexibility index (Phi) is 19.7. The van der Waals surface area contributed by atoms with Gasteiger partial charge in [0.25, 0.3) is 0 Å². The van der Waals surface area contributed by atoms with Gasteiger partial charge in [0, 0.05) is 19.3 Å². The number of aliphatic hydroxyl groups is 2. The molecule has 15 N–H and O–H groups in total. The third-order valence-electron chi connectivity index (χ3n) is 8.64. The molecule has 7 unspecified atom stereocenters. The van der Waals surface area contributed by atoms with Crippen molar-refractivity contribution in [1.82, 2.24) is 31.9 Å². The Labute approximate surface area is 335 Å². The minimum Gasteiger partial charge on any atom is -0.508 e. The second-order valence-electron chi connectivity index (χ2n) is 14.1. The molecule has 20 heteroatoms. The zero-order chi connectivity index (χ0) is 43.5.